The number of nitrogens with zero attached hydrogens (tertiary/aromatic N) is 2. The molecule has 5 heteroatoms. The third kappa shape index (κ3) is 5.75. The van der Waals surface area contributed by atoms with E-state index in [1.54, 1.807) is 7.11 Å². The van der Waals surface area contributed by atoms with E-state index in [1.807, 2.05) is 0 Å². The fourth-order valence-corrected chi connectivity index (χ4v) is 2.62. The molecule has 5 nitrogen and oxygen atoms in total. The summed E-state index contributed by atoms with van der Waals surface area (Å²) in [5.41, 5.74) is 5.97. The van der Waals surface area contributed by atoms with Gasteiger partial charge in [0.1, 0.15) is 6.10 Å². The number of hydrogen-bond donors (Lipinski definition) is 1. The lowest BCUT2D eigenvalue weighted by molar-refractivity contribution is 0.0854. The number of hydrogen-bond acceptors (Lipinski definition) is 5. The van der Waals surface area contributed by atoms with Gasteiger partial charge in [0, 0.05) is 13.5 Å². The van der Waals surface area contributed by atoms with Gasteiger partial charge in [0.05, 0.1) is 0 Å². The molecule has 0 aliphatic heterocycles. The van der Waals surface area contributed by atoms with Crippen molar-refractivity contribution in [1.82, 2.24) is 10.1 Å². The number of rotatable bonds is 9. The Hall–Kier alpha value is -0.940. The first-order chi connectivity index (χ1) is 9.92. The second-order valence-electron chi connectivity index (χ2n) is 6.74. The summed E-state index contributed by atoms with van der Waals surface area (Å²) in [7, 11) is 1.69. The van der Waals surface area contributed by atoms with Gasteiger partial charge in [-0.05, 0) is 37.1 Å². The largest absolute Gasteiger partial charge is 0.373 e. The highest BCUT2D eigenvalue weighted by Gasteiger charge is 2.25. The summed E-state index contributed by atoms with van der Waals surface area (Å²) in [4.78, 5) is 4.48. The zero-order valence-corrected chi connectivity index (χ0v) is 14.2. The minimum atomic E-state index is -0.0602. The van der Waals surface area contributed by atoms with E-state index in [2.05, 4.69) is 37.8 Å². The normalized spacial score (nSPS) is 15.1. The van der Waals surface area contributed by atoms with Gasteiger partial charge in [-0.15, -0.1) is 0 Å². The highest BCUT2D eigenvalue weighted by atomic mass is 16.5. The molecule has 1 aromatic heterocycles. The van der Waals surface area contributed by atoms with Gasteiger partial charge >= 0.3 is 0 Å². The second kappa shape index (κ2) is 8.49. The Morgan fingerprint density at radius 2 is 1.95 bits per heavy atom. The first kappa shape index (κ1) is 18.1. The van der Waals surface area contributed by atoms with Gasteiger partial charge in [0.25, 0.3) is 0 Å². The Bertz CT molecular complexity index is 398. The smallest absolute Gasteiger partial charge is 0.226 e. The number of aromatic nitrogens is 2. The third-order valence-electron chi connectivity index (χ3n) is 4.05. The molecule has 2 atom stereocenters. The standard InChI is InChI=1S/C16H31N3O2/c1-6-7-13(20-5)15-18-14(21-19-15)9-8-12(10-11-17)16(2,3)4/h12-13H,6-11,17H2,1-5H3. The van der Waals surface area contributed by atoms with E-state index in [9.17, 15) is 0 Å². The van der Waals surface area contributed by atoms with Crippen LogP contribution in [0.2, 0.25) is 0 Å². The minimum Gasteiger partial charge on any atom is -0.373 e. The topological polar surface area (TPSA) is 74.2 Å². The van der Waals surface area contributed by atoms with Crippen LogP contribution in [0.1, 0.15) is 71.2 Å². The average molecular weight is 297 g/mol. The highest BCUT2D eigenvalue weighted by molar-refractivity contribution is 4.92. The summed E-state index contributed by atoms with van der Waals surface area (Å²) >= 11 is 0. The molecule has 2 unspecified atom stereocenters. The van der Waals surface area contributed by atoms with Crippen LogP contribution in [0, 0.1) is 11.3 Å². The maximum absolute atomic E-state index is 5.72. The van der Waals surface area contributed by atoms with Crippen LogP contribution in [0.5, 0.6) is 0 Å². The van der Waals surface area contributed by atoms with Gasteiger partial charge < -0.3 is 15.0 Å². The molecule has 1 heterocycles. The molecular weight excluding hydrogens is 266 g/mol. The van der Waals surface area contributed by atoms with E-state index in [0.29, 0.717) is 17.6 Å². The van der Waals surface area contributed by atoms with Crippen LogP contribution in [0.25, 0.3) is 0 Å². The molecule has 0 aliphatic rings. The number of aryl methyl sites for hydroxylation is 1. The van der Waals surface area contributed by atoms with E-state index in [4.69, 9.17) is 15.0 Å². The van der Waals surface area contributed by atoms with E-state index < -0.39 is 0 Å². The third-order valence-corrected chi connectivity index (χ3v) is 4.05. The van der Waals surface area contributed by atoms with Crippen LogP contribution in [-0.2, 0) is 11.2 Å². The number of nitrogens with two attached hydrogens (primary N) is 1. The Kier molecular flexibility index (Phi) is 7.32. The van der Waals surface area contributed by atoms with Gasteiger partial charge in [0.2, 0.25) is 11.7 Å². The number of methoxy groups -OCH3 is 1. The first-order valence-electron chi connectivity index (χ1n) is 7.97. The Morgan fingerprint density at radius 1 is 1.24 bits per heavy atom. The van der Waals surface area contributed by atoms with Crippen molar-refractivity contribution >= 4 is 0 Å². The highest BCUT2D eigenvalue weighted by Crippen LogP contribution is 2.32. The SMILES string of the molecule is CCCC(OC)c1noc(CCC(CCN)C(C)(C)C)n1. The summed E-state index contributed by atoms with van der Waals surface area (Å²) in [6.45, 7) is 9.62. The summed E-state index contributed by atoms with van der Waals surface area (Å²) in [6, 6.07) is 0. The molecule has 0 amide bonds. The molecule has 0 fully saturated rings. The second-order valence-corrected chi connectivity index (χ2v) is 6.74. The van der Waals surface area contributed by atoms with Crippen LogP contribution in [0.3, 0.4) is 0 Å². The average Bonchev–Trinajstić information content (AvgIpc) is 2.88. The molecule has 0 radical (unpaired) electrons. The summed E-state index contributed by atoms with van der Waals surface area (Å²) in [6.07, 6.45) is 4.74. The predicted molar refractivity (Wildman–Crippen MR) is 83.9 cm³/mol. The lowest BCUT2D eigenvalue weighted by atomic mass is 9.76. The monoisotopic (exact) mass is 297 g/mol. The fourth-order valence-electron chi connectivity index (χ4n) is 2.62. The van der Waals surface area contributed by atoms with Gasteiger partial charge in [-0.25, -0.2) is 0 Å². The van der Waals surface area contributed by atoms with Crippen molar-refractivity contribution in [2.24, 2.45) is 17.1 Å². The van der Waals surface area contributed by atoms with Crippen molar-refractivity contribution in [3.05, 3.63) is 11.7 Å². The lowest BCUT2D eigenvalue weighted by Gasteiger charge is -2.30. The van der Waals surface area contributed by atoms with Gasteiger partial charge in [-0.2, -0.15) is 4.98 Å². The molecule has 1 aromatic rings. The van der Waals surface area contributed by atoms with Crippen molar-refractivity contribution in [2.45, 2.75) is 65.9 Å². The molecule has 0 spiro atoms. The van der Waals surface area contributed by atoms with E-state index in [1.165, 1.54) is 0 Å². The quantitative estimate of drug-likeness (QED) is 0.755. The van der Waals surface area contributed by atoms with Crippen molar-refractivity contribution in [3.8, 4) is 0 Å². The molecule has 0 aliphatic carbocycles. The Morgan fingerprint density at radius 3 is 2.48 bits per heavy atom. The Labute approximate surface area is 128 Å². The molecule has 0 saturated carbocycles. The summed E-state index contributed by atoms with van der Waals surface area (Å²) in [5, 5.41) is 4.06. The maximum Gasteiger partial charge on any atom is 0.226 e. The van der Waals surface area contributed by atoms with Gasteiger partial charge in [-0.1, -0.05) is 39.3 Å². The molecule has 1 rings (SSSR count). The molecule has 122 valence electrons. The molecular formula is C16H31N3O2. The van der Waals surface area contributed by atoms with E-state index >= 15 is 0 Å². The van der Waals surface area contributed by atoms with Gasteiger partial charge in [-0.3, -0.25) is 0 Å². The minimum absolute atomic E-state index is 0.0602. The Balaban J connectivity index is 2.61. The molecule has 21 heavy (non-hydrogen) atoms. The number of ether oxygens (including phenoxy) is 1. The van der Waals surface area contributed by atoms with Crippen molar-refractivity contribution < 1.29 is 9.26 Å². The van der Waals surface area contributed by atoms with Crippen LogP contribution < -0.4 is 5.73 Å². The summed E-state index contributed by atoms with van der Waals surface area (Å²) < 4.78 is 10.8. The van der Waals surface area contributed by atoms with Crippen molar-refractivity contribution in [3.63, 3.8) is 0 Å². The zero-order chi connectivity index (χ0) is 15.9. The maximum atomic E-state index is 5.72. The fraction of sp³-hybridized carbons (Fsp3) is 0.875. The first-order valence-corrected chi connectivity index (χ1v) is 7.97. The van der Waals surface area contributed by atoms with E-state index in [0.717, 1.165) is 38.6 Å². The molecule has 0 bridgehead atoms. The van der Waals surface area contributed by atoms with Crippen LogP contribution in [0.4, 0.5) is 0 Å². The van der Waals surface area contributed by atoms with Gasteiger partial charge in [0.15, 0.2) is 0 Å². The van der Waals surface area contributed by atoms with Crippen LogP contribution >= 0.6 is 0 Å². The van der Waals surface area contributed by atoms with Crippen LogP contribution in [-0.4, -0.2) is 23.8 Å². The van der Waals surface area contributed by atoms with Crippen molar-refractivity contribution in [2.75, 3.05) is 13.7 Å². The van der Waals surface area contributed by atoms with E-state index in [-0.39, 0.29) is 11.5 Å². The predicted octanol–water partition coefficient (Wildman–Crippen LogP) is 3.50. The molecule has 0 aromatic carbocycles. The molecule has 0 saturated heterocycles. The van der Waals surface area contributed by atoms with Crippen LogP contribution in [0.15, 0.2) is 4.52 Å². The lowest BCUT2D eigenvalue weighted by Crippen LogP contribution is -2.24. The van der Waals surface area contributed by atoms with Crippen molar-refractivity contribution in [1.29, 1.82) is 0 Å². The zero-order valence-electron chi connectivity index (χ0n) is 14.2. The summed E-state index contributed by atoms with van der Waals surface area (Å²) in [5.74, 6) is 1.93. The molecule has 2 N–H and O–H groups in total.